The third-order valence-electron chi connectivity index (χ3n) is 1.82. The van der Waals surface area contributed by atoms with E-state index in [1.807, 2.05) is 6.92 Å². The summed E-state index contributed by atoms with van der Waals surface area (Å²) in [6.45, 7) is 1.96. The molecule has 4 heteroatoms. The lowest BCUT2D eigenvalue weighted by Crippen LogP contribution is -2.11. The first-order chi connectivity index (χ1) is 6.06. The molecule has 1 rings (SSSR count). The third kappa shape index (κ3) is 1.92. The predicted octanol–water partition coefficient (Wildman–Crippen LogP) is 1.89. The Labute approximate surface area is 81.6 Å². The summed E-state index contributed by atoms with van der Waals surface area (Å²) < 4.78 is 0. The molecule has 0 atom stereocenters. The highest BCUT2D eigenvalue weighted by molar-refractivity contribution is 6.32. The van der Waals surface area contributed by atoms with Gasteiger partial charge in [0.15, 0.2) is 0 Å². The number of halogens is 1. The lowest BCUT2D eigenvalue weighted by Gasteiger charge is -2.06. The number of nitrogens with one attached hydrogen (secondary N) is 1. The molecule has 0 spiro atoms. The molecule has 0 fully saturated rings. The third-order valence-corrected chi connectivity index (χ3v) is 2.11. The molecule has 0 aliphatic rings. The molecule has 0 unspecified atom stereocenters. The molecule has 0 amide bonds. The van der Waals surface area contributed by atoms with Crippen LogP contribution in [0.1, 0.15) is 18.1 Å². The number of hydrogen-bond donors (Lipinski definition) is 3. The van der Waals surface area contributed by atoms with Gasteiger partial charge in [-0.05, 0) is 24.1 Å². The van der Waals surface area contributed by atoms with Gasteiger partial charge < -0.3 is 10.8 Å². The average molecular weight is 199 g/mol. The summed E-state index contributed by atoms with van der Waals surface area (Å²) in [5.41, 5.74) is 6.52. The summed E-state index contributed by atoms with van der Waals surface area (Å²) in [4.78, 5) is 0. The van der Waals surface area contributed by atoms with E-state index in [9.17, 15) is 5.11 Å². The zero-order valence-electron chi connectivity index (χ0n) is 7.26. The molecule has 70 valence electrons. The van der Waals surface area contributed by atoms with E-state index in [1.165, 1.54) is 0 Å². The molecular weight excluding hydrogens is 188 g/mol. The molecular formula is C9H11ClN2O. The van der Waals surface area contributed by atoms with Crippen LogP contribution in [0.25, 0.3) is 0 Å². The normalized spacial score (nSPS) is 10.0. The van der Waals surface area contributed by atoms with Gasteiger partial charge in [-0.25, -0.2) is 0 Å². The summed E-state index contributed by atoms with van der Waals surface area (Å²) >= 11 is 5.74. The summed E-state index contributed by atoms with van der Waals surface area (Å²) in [5, 5.41) is 16.9. The Morgan fingerprint density at radius 2 is 2.23 bits per heavy atom. The first-order valence-corrected chi connectivity index (χ1v) is 4.29. The van der Waals surface area contributed by atoms with Gasteiger partial charge in [-0.15, -0.1) is 0 Å². The smallest absolute Gasteiger partial charge is 0.145 e. The fourth-order valence-electron chi connectivity index (χ4n) is 1.06. The molecule has 0 saturated heterocycles. The fraction of sp³-hybridized carbons (Fsp3) is 0.222. The van der Waals surface area contributed by atoms with Crippen LogP contribution in [0, 0.1) is 5.41 Å². The average Bonchev–Trinajstić information content (AvgIpc) is 2.09. The summed E-state index contributed by atoms with van der Waals surface area (Å²) in [6, 6.07) is 3.34. The lowest BCUT2D eigenvalue weighted by atomic mass is 10.1. The molecule has 13 heavy (non-hydrogen) atoms. The molecule has 0 aliphatic carbocycles. The Balaban J connectivity index is 3.33. The van der Waals surface area contributed by atoms with Crippen LogP contribution in [0.2, 0.25) is 5.02 Å². The second-order valence-corrected chi connectivity index (χ2v) is 3.15. The van der Waals surface area contributed by atoms with Crippen LogP contribution in [0.3, 0.4) is 0 Å². The van der Waals surface area contributed by atoms with Gasteiger partial charge in [0.25, 0.3) is 0 Å². The molecule has 0 aliphatic heterocycles. The van der Waals surface area contributed by atoms with Crippen LogP contribution in [0.4, 0.5) is 0 Å². The van der Waals surface area contributed by atoms with Crippen molar-refractivity contribution in [1.82, 2.24) is 0 Å². The number of amidine groups is 1. The summed E-state index contributed by atoms with van der Waals surface area (Å²) in [5.74, 6) is -0.291. The van der Waals surface area contributed by atoms with Crippen molar-refractivity contribution in [2.45, 2.75) is 13.3 Å². The number of phenolic OH excluding ortho intramolecular Hbond substituents is 1. The van der Waals surface area contributed by atoms with E-state index < -0.39 is 0 Å². The number of nitrogens with two attached hydrogens (primary N) is 1. The van der Waals surface area contributed by atoms with Crippen LogP contribution in [0.15, 0.2) is 12.1 Å². The second-order valence-electron chi connectivity index (χ2n) is 2.74. The van der Waals surface area contributed by atoms with E-state index in [0.717, 1.165) is 12.0 Å². The summed E-state index contributed by atoms with van der Waals surface area (Å²) in [6.07, 6.45) is 0.792. The Morgan fingerprint density at radius 3 is 2.69 bits per heavy atom. The minimum Gasteiger partial charge on any atom is -0.506 e. The largest absolute Gasteiger partial charge is 0.506 e. The first kappa shape index (κ1) is 9.86. The number of phenols is 1. The molecule has 0 radical (unpaired) electrons. The van der Waals surface area contributed by atoms with Crippen LogP contribution in [0.5, 0.6) is 5.75 Å². The Kier molecular flexibility index (Phi) is 2.78. The van der Waals surface area contributed by atoms with Crippen molar-refractivity contribution in [3.8, 4) is 5.75 Å². The van der Waals surface area contributed by atoms with Gasteiger partial charge in [-0.2, -0.15) is 0 Å². The molecule has 0 heterocycles. The van der Waals surface area contributed by atoms with Crippen molar-refractivity contribution in [2.24, 2.45) is 5.73 Å². The second kappa shape index (κ2) is 3.66. The SMILES string of the molecule is CCc1cc(Cl)c(O)c(C(=N)N)c1. The fourth-order valence-corrected chi connectivity index (χ4v) is 1.31. The Morgan fingerprint density at radius 1 is 1.62 bits per heavy atom. The number of aromatic hydroxyl groups is 1. The van der Waals surface area contributed by atoms with Gasteiger partial charge in [-0.1, -0.05) is 18.5 Å². The Hall–Kier alpha value is -1.22. The quantitative estimate of drug-likeness (QED) is 0.502. The van der Waals surface area contributed by atoms with Crippen LogP contribution < -0.4 is 5.73 Å². The topological polar surface area (TPSA) is 70.1 Å². The van der Waals surface area contributed by atoms with Crippen LogP contribution in [-0.4, -0.2) is 10.9 Å². The monoisotopic (exact) mass is 198 g/mol. The first-order valence-electron chi connectivity index (χ1n) is 3.92. The minimum atomic E-state index is -0.172. The zero-order valence-corrected chi connectivity index (χ0v) is 8.02. The standard InChI is InChI=1S/C9H11ClN2O/c1-2-5-3-6(9(11)12)8(13)7(10)4-5/h3-4,13H,2H2,1H3,(H3,11,12). The summed E-state index contributed by atoms with van der Waals surface area (Å²) in [7, 11) is 0. The van der Waals surface area contributed by atoms with Crippen LogP contribution in [-0.2, 0) is 6.42 Å². The van der Waals surface area contributed by atoms with Gasteiger partial charge in [-0.3, -0.25) is 5.41 Å². The molecule has 3 nitrogen and oxygen atoms in total. The highest BCUT2D eigenvalue weighted by atomic mass is 35.5. The van der Waals surface area contributed by atoms with E-state index in [1.54, 1.807) is 12.1 Å². The highest BCUT2D eigenvalue weighted by Gasteiger charge is 2.09. The maximum atomic E-state index is 9.44. The van der Waals surface area contributed by atoms with Gasteiger partial charge in [0.05, 0.1) is 10.6 Å². The van der Waals surface area contributed by atoms with Gasteiger partial charge >= 0.3 is 0 Å². The van der Waals surface area contributed by atoms with E-state index in [0.29, 0.717) is 5.56 Å². The van der Waals surface area contributed by atoms with Crippen molar-refractivity contribution in [1.29, 1.82) is 5.41 Å². The molecule has 1 aromatic rings. The van der Waals surface area contributed by atoms with Gasteiger partial charge in [0.2, 0.25) is 0 Å². The molecule has 4 N–H and O–H groups in total. The molecule has 0 saturated carbocycles. The van der Waals surface area contributed by atoms with Crippen molar-refractivity contribution in [3.05, 3.63) is 28.3 Å². The van der Waals surface area contributed by atoms with E-state index in [2.05, 4.69) is 0 Å². The van der Waals surface area contributed by atoms with Crippen molar-refractivity contribution < 1.29 is 5.11 Å². The van der Waals surface area contributed by atoms with Crippen LogP contribution >= 0.6 is 11.6 Å². The van der Waals surface area contributed by atoms with E-state index in [-0.39, 0.29) is 16.6 Å². The van der Waals surface area contributed by atoms with Gasteiger partial charge in [0.1, 0.15) is 11.6 Å². The number of rotatable bonds is 2. The predicted molar refractivity (Wildman–Crippen MR) is 53.5 cm³/mol. The maximum absolute atomic E-state index is 9.44. The molecule has 0 aromatic heterocycles. The number of hydrogen-bond acceptors (Lipinski definition) is 2. The van der Waals surface area contributed by atoms with Crippen molar-refractivity contribution >= 4 is 17.4 Å². The number of benzene rings is 1. The molecule has 1 aromatic carbocycles. The van der Waals surface area contributed by atoms with Crippen molar-refractivity contribution in [2.75, 3.05) is 0 Å². The zero-order chi connectivity index (χ0) is 10.0. The lowest BCUT2D eigenvalue weighted by molar-refractivity contribution is 0.474. The van der Waals surface area contributed by atoms with E-state index >= 15 is 0 Å². The van der Waals surface area contributed by atoms with Gasteiger partial charge in [0, 0.05) is 0 Å². The van der Waals surface area contributed by atoms with E-state index in [4.69, 9.17) is 22.7 Å². The highest BCUT2D eigenvalue weighted by Crippen LogP contribution is 2.28. The number of nitrogen functional groups attached to an aromatic ring is 1. The number of aryl methyl sites for hydroxylation is 1. The molecule has 0 bridgehead atoms. The maximum Gasteiger partial charge on any atom is 0.145 e. The Bertz CT molecular complexity index is 350. The minimum absolute atomic E-state index is 0.119. The van der Waals surface area contributed by atoms with Crippen molar-refractivity contribution in [3.63, 3.8) is 0 Å².